The topological polar surface area (TPSA) is 58.4 Å². The van der Waals surface area contributed by atoms with E-state index in [0.29, 0.717) is 16.4 Å². The molecule has 0 radical (unpaired) electrons. The zero-order valence-corrected chi connectivity index (χ0v) is 11.9. The van der Waals surface area contributed by atoms with Crippen molar-refractivity contribution in [3.63, 3.8) is 0 Å². The van der Waals surface area contributed by atoms with Gasteiger partial charge in [0.05, 0.1) is 17.3 Å². The second-order valence-corrected chi connectivity index (χ2v) is 4.89. The molecule has 4 nitrogen and oxygen atoms in total. The lowest BCUT2D eigenvalue weighted by molar-refractivity contribution is -0.114. The average Bonchev–Trinajstić information content (AvgIpc) is 2.43. The fourth-order valence-corrected chi connectivity index (χ4v) is 2.05. The molecule has 2 rings (SSSR count). The van der Waals surface area contributed by atoms with Crippen LogP contribution in [0.4, 0.5) is 17.1 Å². The number of nitrogens with two attached hydrogens (primary N) is 1. The number of para-hydroxylation sites is 1. The average molecular weight is 290 g/mol. The molecule has 0 saturated carbocycles. The number of amides is 1. The van der Waals surface area contributed by atoms with Crippen LogP contribution < -0.4 is 16.0 Å². The van der Waals surface area contributed by atoms with Crippen molar-refractivity contribution in [1.82, 2.24) is 0 Å². The number of benzene rings is 2. The highest BCUT2D eigenvalue weighted by molar-refractivity contribution is 6.34. The molecule has 2 aromatic carbocycles. The summed E-state index contributed by atoms with van der Waals surface area (Å²) in [6, 6.07) is 14.7. The Labute approximate surface area is 123 Å². The second kappa shape index (κ2) is 6.30. The summed E-state index contributed by atoms with van der Waals surface area (Å²) in [5, 5.41) is 3.20. The quantitative estimate of drug-likeness (QED) is 0.851. The second-order valence-electron chi connectivity index (χ2n) is 4.48. The molecule has 0 aliphatic carbocycles. The van der Waals surface area contributed by atoms with Crippen molar-refractivity contribution in [3.05, 3.63) is 53.6 Å². The summed E-state index contributed by atoms with van der Waals surface area (Å²) in [6.07, 6.45) is 0. The van der Waals surface area contributed by atoms with Gasteiger partial charge in [0.25, 0.3) is 0 Å². The van der Waals surface area contributed by atoms with E-state index in [1.807, 2.05) is 42.3 Å². The summed E-state index contributed by atoms with van der Waals surface area (Å²) < 4.78 is 0. The van der Waals surface area contributed by atoms with Gasteiger partial charge in [-0.05, 0) is 30.3 Å². The lowest BCUT2D eigenvalue weighted by atomic mass is 10.2. The van der Waals surface area contributed by atoms with Gasteiger partial charge in [-0.15, -0.1) is 0 Å². The lowest BCUT2D eigenvalue weighted by Gasteiger charge is -2.18. The van der Waals surface area contributed by atoms with Crippen molar-refractivity contribution in [2.75, 3.05) is 29.5 Å². The molecule has 2 aromatic rings. The third kappa shape index (κ3) is 3.65. The first-order chi connectivity index (χ1) is 9.56. The summed E-state index contributed by atoms with van der Waals surface area (Å²) in [5.41, 5.74) is 7.71. The van der Waals surface area contributed by atoms with Crippen LogP contribution >= 0.6 is 11.6 Å². The molecule has 0 saturated heterocycles. The maximum Gasteiger partial charge on any atom is 0.243 e. The number of likely N-dealkylation sites (N-methyl/N-ethyl adjacent to an activating group) is 1. The van der Waals surface area contributed by atoms with Crippen LogP contribution in [0.5, 0.6) is 0 Å². The number of halogens is 1. The van der Waals surface area contributed by atoms with Crippen molar-refractivity contribution in [2.45, 2.75) is 0 Å². The fraction of sp³-hybridized carbons (Fsp3) is 0.133. The molecule has 0 aromatic heterocycles. The zero-order valence-electron chi connectivity index (χ0n) is 11.1. The van der Waals surface area contributed by atoms with Crippen molar-refractivity contribution in [1.29, 1.82) is 0 Å². The fourth-order valence-electron chi connectivity index (χ4n) is 1.81. The monoisotopic (exact) mass is 289 g/mol. The summed E-state index contributed by atoms with van der Waals surface area (Å²) in [7, 11) is 1.86. The van der Waals surface area contributed by atoms with Crippen molar-refractivity contribution in [3.8, 4) is 0 Å². The maximum absolute atomic E-state index is 12.0. The van der Waals surface area contributed by atoms with Gasteiger partial charge in [0.15, 0.2) is 0 Å². The third-order valence-corrected chi connectivity index (χ3v) is 3.16. The first-order valence-electron chi connectivity index (χ1n) is 6.17. The Bertz CT molecular complexity index is 601. The SMILES string of the molecule is CN(CC(=O)Nc1ccc(N)cc1Cl)c1ccccc1. The van der Waals surface area contributed by atoms with Gasteiger partial charge in [0.2, 0.25) is 5.91 Å². The van der Waals surface area contributed by atoms with E-state index in [9.17, 15) is 4.79 Å². The summed E-state index contributed by atoms with van der Waals surface area (Å²) >= 11 is 6.02. The molecule has 3 N–H and O–H groups in total. The Morgan fingerprint density at radius 3 is 2.60 bits per heavy atom. The highest BCUT2D eigenvalue weighted by Gasteiger charge is 2.09. The number of nitrogens with zero attached hydrogens (tertiary/aromatic N) is 1. The Morgan fingerprint density at radius 1 is 1.25 bits per heavy atom. The largest absolute Gasteiger partial charge is 0.399 e. The summed E-state index contributed by atoms with van der Waals surface area (Å²) in [6.45, 7) is 0.241. The van der Waals surface area contributed by atoms with Gasteiger partial charge in [-0.25, -0.2) is 0 Å². The van der Waals surface area contributed by atoms with Gasteiger partial charge in [-0.2, -0.15) is 0 Å². The van der Waals surface area contributed by atoms with Crippen LogP contribution in [0.2, 0.25) is 5.02 Å². The van der Waals surface area contributed by atoms with E-state index >= 15 is 0 Å². The van der Waals surface area contributed by atoms with E-state index in [1.165, 1.54) is 0 Å². The van der Waals surface area contributed by atoms with Crippen LogP contribution in [0.1, 0.15) is 0 Å². The van der Waals surface area contributed by atoms with Crippen molar-refractivity contribution >= 4 is 34.6 Å². The molecule has 0 bridgehead atoms. The minimum atomic E-state index is -0.136. The van der Waals surface area contributed by atoms with E-state index in [4.69, 9.17) is 17.3 Å². The highest BCUT2D eigenvalue weighted by Crippen LogP contribution is 2.24. The highest BCUT2D eigenvalue weighted by atomic mass is 35.5. The Hall–Kier alpha value is -2.20. The van der Waals surface area contributed by atoms with Crippen LogP contribution in [0.15, 0.2) is 48.5 Å². The Balaban J connectivity index is 1.99. The number of carbonyl (C=O) groups excluding carboxylic acids is 1. The van der Waals surface area contributed by atoms with E-state index in [2.05, 4.69) is 5.32 Å². The van der Waals surface area contributed by atoms with Gasteiger partial charge in [-0.1, -0.05) is 29.8 Å². The minimum absolute atomic E-state index is 0.136. The Kier molecular flexibility index (Phi) is 4.48. The first kappa shape index (κ1) is 14.2. The van der Waals surface area contributed by atoms with E-state index in [1.54, 1.807) is 18.2 Å². The maximum atomic E-state index is 12.0. The standard InChI is InChI=1S/C15H16ClN3O/c1-19(12-5-3-2-4-6-12)10-15(20)18-14-8-7-11(17)9-13(14)16/h2-9H,10,17H2,1H3,(H,18,20). The third-order valence-electron chi connectivity index (χ3n) is 2.84. The molecular weight excluding hydrogens is 274 g/mol. The summed E-state index contributed by atoms with van der Waals surface area (Å²) in [4.78, 5) is 13.9. The molecule has 0 heterocycles. The number of nitrogen functional groups attached to an aromatic ring is 1. The molecule has 0 aliphatic rings. The van der Waals surface area contributed by atoms with Crippen LogP contribution in [0.25, 0.3) is 0 Å². The molecule has 104 valence electrons. The molecule has 0 aliphatic heterocycles. The normalized spacial score (nSPS) is 10.1. The van der Waals surface area contributed by atoms with Crippen molar-refractivity contribution < 1.29 is 4.79 Å². The zero-order chi connectivity index (χ0) is 14.5. The van der Waals surface area contributed by atoms with Crippen molar-refractivity contribution in [2.24, 2.45) is 0 Å². The molecule has 0 fully saturated rings. The van der Waals surface area contributed by atoms with E-state index < -0.39 is 0 Å². The molecule has 20 heavy (non-hydrogen) atoms. The molecular formula is C15H16ClN3O. The van der Waals surface area contributed by atoms with Gasteiger partial charge < -0.3 is 16.0 Å². The molecule has 0 atom stereocenters. The smallest absolute Gasteiger partial charge is 0.243 e. The lowest BCUT2D eigenvalue weighted by Crippen LogP contribution is -2.30. The first-order valence-corrected chi connectivity index (χ1v) is 6.55. The predicted molar refractivity (Wildman–Crippen MR) is 84.2 cm³/mol. The molecule has 1 amide bonds. The number of hydrogen-bond donors (Lipinski definition) is 2. The van der Waals surface area contributed by atoms with Gasteiger partial charge in [0, 0.05) is 18.4 Å². The van der Waals surface area contributed by atoms with Crippen LogP contribution in [-0.2, 0) is 4.79 Å². The predicted octanol–water partition coefficient (Wildman–Crippen LogP) is 3.00. The molecule has 0 unspecified atom stereocenters. The summed E-state index contributed by atoms with van der Waals surface area (Å²) in [5.74, 6) is -0.136. The van der Waals surface area contributed by atoms with Crippen LogP contribution in [0, 0.1) is 0 Å². The van der Waals surface area contributed by atoms with Gasteiger partial charge in [-0.3, -0.25) is 4.79 Å². The number of carbonyl (C=O) groups is 1. The number of hydrogen-bond acceptors (Lipinski definition) is 3. The van der Waals surface area contributed by atoms with E-state index in [0.717, 1.165) is 5.69 Å². The number of rotatable bonds is 4. The van der Waals surface area contributed by atoms with E-state index in [-0.39, 0.29) is 12.5 Å². The van der Waals surface area contributed by atoms with Crippen LogP contribution in [0.3, 0.4) is 0 Å². The minimum Gasteiger partial charge on any atom is -0.399 e. The molecule has 0 spiro atoms. The van der Waals surface area contributed by atoms with Gasteiger partial charge in [0.1, 0.15) is 0 Å². The number of anilines is 3. The molecule has 5 heteroatoms. The van der Waals surface area contributed by atoms with Gasteiger partial charge >= 0.3 is 0 Å². The number of nitrogens with one attached hydrogen (secondary N) is 1. The van der Waals surface area contributed by atoms with Crippen LogP contribution in [-0.4, -0.2) is 19.5 Å². The Morgan fingerprint density at radius 2 is 1.95 bits per heavy atom.